The van der Waals surface area contributed by atoms with E-state index in [0.717, 1.165) is 0 Å². The van der Waals surface area contributed by atoms with E-state index in [-0.39, 0.29) is 18.4 Å². The van der Waals surface area contributed by atoms with Gasteiger partial charge in [0.25, 0.3) is 0 Å². The number of halogens is 2. The van der Waals surface area contributed by atoms with Crippen molar-refractivity contribution in [2.45, 2.75) is 18.4 Å². The summed E-state index contributed by atoms with van der Waals surface area (Å²) in [5, 5.41) is 3.42. The minimum Gasteiger partial charge on any atom is -0.335 e. The summed E-state index contributed by atoms with van der Waals surface area (Å²) in [6, 6.07) is 4.78. The molecule has 5 nitrogen and oxygen atoms in total. The number of nitrogens with two attached hydrogens (primary N) is 1. The van der Waals surface area contributed by atoms with Crippen LogP contribution in [0.3, 0.4) is 0 Å². The Labute approximate surface area is 127 Å². The van der Waals surface area contributed by atoms with Crippen molar-refractivity contribution in [3.8, 4) is 0 Å². The number of hydrogen-bond donors (Lipinski definition) is 2. The van der Waals surface area contributed by atoms with Gasteiger partial charge in [0, 0.05) is 12.7 Å². The summed E-state index contributed by atoms with van der Waals surface area (Å²) in [6.07, 6.45) is 1.34. The highest BCUT2D eigenvalue weighted by Crippen LogP contribution is 2.33. The van der Waals surface area contributed by atoms with Gasteiger partial charge in [-0.15, -0.1) is 0 Å². The van der Waals surface area contributed by atoms with Crippen molar-refractivity contribution >= 4 is 40.7 Å². The van der Waals surface area contributed by atoms with E-state index in [0.29, 0.717) is 28.6 Å². The van der Waals surface area contributed by atoms with E-state index >= 15 is 0 Å². The van der Waals surface area contributed by atoms with Crippen molar-refractivity contribution in [1.82, 2.24) is 4.90 Å². The van der Waals surface area contributed by atoms with Gasteiger partial charge in [0.15, 0.2) is 0 Å². The number of rotatable bonds is 4. The number of amides is 2. The number of hydrogen-bond acceptors (Lipinski definition) is 3. The predicted octanol–water partition coefficient (Wildman–Crippen LogP) is 1.88. The van der Waals surface area contributed by atoms with Crippen molar-refractivity contribution in [1.29, 1.82) is 0 Å². The Kier molecular flexibility index (Phi) is 4.22. The molecule has 0 spiro atoms. The summed E-state index contributed by atoms with van der Waals surface area (Å²) in [5.74, 6) is -0.523. The highest BCUT2D eigenvalue weighted by molar-refractivity contribution is 6.42. The van der Waals surface area contributed by atoms with E-state index in [1.165, 1.54) is 4.90 Å². The number of anilines is 1. The molecule has 0 atom stereocenters. The SMILES string of the molecule is CN(CC(=O)Nc1ccc(Cl)c(Cl)c1)C(=O)C1(N)CC1. The zero-order valence-corrected chi connectivity index (χ0v) is 12.5. The second-order valence-corrected chi connectivity index (χ2v) is 5.81. The van der Waals surface area contributed by atoms with Crippen molar-refractivity contribution < 1.29 is 9.59 Å². The van der Waals surface area contributed by atoms with Gasteiger partial charge in [0.1, 0.15) is 0 Å². The quantitative estimate of drug-likeness (QED) is 0.890. The van der Waals surface area contributed by atoms with Gasteiger partial charge in [-0.05, 0) is 31.0 Å². The maximum atomic E-state index is 11.9. The normalized spacial score (nSPS) is 15.6. The van der Waals surface area contributed by atoms with Crippen LogP contribution in [0.5, 0.6) is 0 Å². The number of carbonyl (C=O) groups excluding carboxylic acids is 2. The van der Waals surface area contributed by atoms with Crippen LogP contribution in [0.25, 0.3) is 0 Å². The lowest BCUT2D eigenvalue weighted by Crippen LogP contribution is -2.46. The van der Waals surface area contributed by atoms with Crippen molar-refractivity contribution in [2.24, 2.45) is 5.73 Å². The van der Waals surface area contributed by atoms with Gasteiger partial charge in [0.05, 0.1) is 22.1 Å². The number of carbonyl (C=O) groups is 2. The van der Waals surface area contributed by atoms with Gasteiger partial charge in [0.2, 0.25) is 11.8 Å². The molecule has 1 aromatic rings. The first-order chi connectivity index (χ1) is 9.32. The van der Waals surface area contributed by atoms with E-state index in [2.05, 4.69) is 5.32 Å². The zero-order chi connectivity index (χ0) is 14.9. The Morgan fingerprint density at radius 1 is 1.35 bits per heavy atom. The third-order valence-corrected chi connectivity index (χ3v) is 3.88. The Bertz CT molecular complexity index is 559. The summed E-state index contributed by atoms with van der Waals surface area (Å²) in [7, 11) is 1.56. The molecule has 0 unspecified atom stereocenters. The van der Waals surface area contributed by atoms with Crippen LogP contribution in [0.15, 0.2) is 18.2 Å². The summed E-state index contributed by atoms with van der Waals surface area (Å²) in [6.45, 7) is -0.0575. The molecule has 0 radical (unpaired) electrons. The van der Waals surface area contributed by atoms with Crippen LogP contribution in [0.1, 0.15) is 12.8 Å². The lowest BCUT2D eigenvalue weighted by Gasteiger charge is -2.20. The minimum atomic E-state index is -0.765. The van der Waals surface area contributed by atoms with Crippen LogP contribution >= 0.6 is 23.2 Å². The van der Waals surface area contributed by atoms with E-state index < -0.39 is 5.54 Å². The van der Waals surface area contributed by atoms with Crippen LogP contribution < -0.4 is 11.1 Å². The summed E-state index contributed by atoms with van der Waals surface area (Å²) in [5.41, 5.74) is 5.56. The molecule has 1 aliphatic carbocycles. The molecule has 0 saturated heterocycles. The van der Waals surface area contributed by atoms with Crippen molar-refractivity contribution in [3.05, 3.63) is 28.2 Å². The smallest absolute Gasteiger partial charge is 0.243 e. The number of nitrogens with zero attached hydrogens (tertiary/aromatic N) is 1. The second kappa shape index (κ2) is 5.60. The Hall–Kier alpha value is -1.30. The molecule has 1 aliphatic rings. The molecule has 3 N–H and O–H groups in total. The first-order valence-corrected chi connectivity index (χ1v) is 6.87. The van der Waals surface area contributed by atoms with Crippen LogP contribution in [0, 0.1) is 0 Å². The minimum absolute atomic E-state index is 0.0575. The topological polar surface area (TPSA) is 75.4 Å². The van der Waals surface area contributed by atoms with Crippen LogP contribution in [-0.2, 0) is 9.59 Å². The molecule has 20 heavy (non-hydrogen) atoms. The fourth-order valence-corrected chi connectivity index (χ4v) is 2.09. The fourth-order valence-electron chi connectivity index (χ4n) is 1.79. The Morgan fingerprint density at radius 2 is 2.00 bits per heavy atom. The molecule has 0 aliphatic heterocycles. The van der Waals surface area contributed by atoms with Gasteiger partial charge < -0.3 is 16.0 Å². The number of nitrogens with one attached hydrogen (secondary N) is 1. The van der Waals surface area contributed by atoms with Gasteiger partial charge in [-0.25, -0.2) is 0 Å². The zero-order valence-electron chi connectivity index (χ0n) is 11.0. The molecule has 0 bridgehead atoms. The molecule has 0 aromatic heterocycles. The van der Waals surface area contributed by atoms with E-state index in [4.69, 9.17) is 28.9 Å². The lowest BCUT2D eigenvalue weighted by molar-refractivity contribution is -0.135. The van der Waals surface area contributed by atoms with Gasteiger partial charge in [-0.2, -0.15) is 0 Å². The molecular weight excluding hydrogens is 301 g/mol. The highest BCUT2D eigenvalue weighted by atomic mass is 35.5. The third kappa shape index (κ3) is 3.42. The van der Waals surface area contributed by atoms with E-state index in [1.54, 1.807) is 25.2 Å². The summed E-state index contributed by atoms with van der Waals surface area (Å²) in [4.78, 5) is 25.1. The maximum Gasteiger partial charge on any atom is 0.243 e. The third-order valence-electron chi connectivity index (χ3n) is 3.15. The van der Waals surface area contributed by atoms with E-state index in [9.17, 15) is 9.59 Å². The number of likely N-dealkylation sites (N-methyl/N-ethyl adjacent to an activating group) is 1. The molecule has 0 heterocycles. The predicted molar refractivity (Wildman–Crippen MR) is 78.9 cm³/mol. The molecule has 2 rings (SSSR count). The van der Waals surface area contributed by atoms with Crippen molar-refractivity contribution in [3.63, 3.8) is 0 Å². The monoisotopic (exact) mass is 315 g/mol. The fraction of sp³-hybridized carbons (Fsp3) is 0.385. The first kappa shape index (κ1) is 15.1. The van der Waals surface area contributed by atoms with Crippen LogP contribution in [-0.4, -0.2) is 35.8 Å². The molecule has 108 valence electrons. The molecule has 1 aromatic carbocycles. The molecule has 1 fully saturated rings. The molecule has 7 heteroatoms. The Morgan fingerprint density at radius 3 is 2.55 bits per heavy atom. The molecule has 1 saturated carbocycles. The van der Waals surface area contributed by atoms with Gasteiger partial charge in [-0.1, -0.05) is 23.2 Å². The first-order valence-electron chi connectivity index (χ1n) is 6.11. The van der Waals surface area contributed by atoms with E-state index in [1.807, 2.05) is 0 Å². The summed E-state index contributed by atoms with van der Waals surface area (Å²) >= 11 is 11.6. The maximum absolute atomic E-state index is 11.9. The van der Waals surface area contributed by atoms with Gasteiger partial charge >= 0.3 is 0 Å². The number of benzene rings is 1. The average Bonchev–Trinajstić information content (AvgIpc) is 3.12. The standard InChI is InChI=1S/C13H15Cl2N3O2/c1-18(12(20)13(16)4-5-13)7-11(19)17-8-2-3-9(14)10(15)6-8/h2-3,6H,4-5,7,16H2,1H3,(H,17,19). The average molecular weight is 316 g/mol. The van der Waals surface area contributed by atoms with Crippen LogP contribution in [0.4, 0.5) is 5.69 Å². The summed E-state index contributed by atoms with van der Waals surface area (Å²) < 4.78 is 0. The molecule has 2 amide bonds. The van der Waals surface area contributed by atoms with Crippen LogP contribution in [0.2, 0.25) is 10.0 Å². The van der Waals surface area contributed by atoms with Gasteiger partial charge in [-0.3, -0.25) is 9.59 Å². The second-order valence-electron chi connectivity index (χ2n) is 4.99. The lowest BCUT2D eigenvalue weighted by atomic mass is 10.2. The largest absolute Gasteiger partial charge is 0.335 e. The highest BCUT2D eigenvalue weighted by Gasteiger charge is 2.47. The molecular formula is C13H15Cl2N3O2. The Balaban J connectivity index is 1.91. The van der Waals surface area contributed by atoms with Crippen molar-refractivity contribution in [2.75, 3.05) is 18.9 Å².